The standard InChI is InChI=1S/C9H15N3O2/c1-7(9(13)14-3)10-6-8-4-5-11-12(8)2/h4-5,7,10H,6H2,1-3H3/t7-/m0/s1. The van der Waals surface area contributed by atoms with Gasteiger partial charge in [0.25, 0.3) is 0 Å². The van der Waals surface area contributed by atoms with Gasteiger partial charge in [-0.2, -0.15) is 5.10 Å². The van der Waals surface area contributed by atoms with E-state index in [0.29, 0.717) is 6.54 Å². The summed E-state index contributed by atoms with van der Waals surface area (Å²) in [5.74, 6) is -0.257. The monoisotopic (exact) mass is 197 g/mol. The van der Waals surface area contributed by atoms with Gasteiger partial charge in [0.15, 0.2) is 0 Å². The maximum atomic E-state index is 11.0. The molecular formula is C9H15N3O2. The predicted molar refractivity (Wildman–Crippen MR) is 51.5 cm³/mol. The van der Waals surface area contributed by atoms with Gasteiger partial charge in [0.05, 0.1) is 12.8 Å². The minimum Gasteiger partial charge on any atom is -0.468 e. The van der Waals surface area contributed by atoms with E-state index in [-0.39, 0.29) is 12.0 Å². The van der Waals surface area contributed by atoms with Crippen molar-refractivity contribution in [2.45, 2.75) is 19.5 Å². The topological polar surface area (TPSA) is 56.1 Å². The van der Waals surface area contributed by atoms with E-state index in [1.807, 2.05) is 13.1 Å². The van der Waals surface area contributed by atoms with E-state index < -0.39 is 0 Å². The molecule has 1 N–H and O–H groups in total. The van der Waals surface area contributed by atoms with Crippen LogP contribution in [0.15, 0.2) is 12.3 Å². The molecule has 0 fully saturated rings. The molecule has 1 heterocycles. The van der Waals surface area contributed by atoms with Gasteiger partial charge in [-0.3, -0.25) is 14.8 Å². The molecule has 0 aliphatic rings. The molecule has 1 atom stereocenters. The van der Waals surface area contributed by atoms with Gasteiger partial charge in [0.2, 0.25) is 0 Å². The van der Waals surface area contributed by atoms with E-state index in [2.05, 4.69) is 15.2 Å². The number of hydrogen-bond donors (Lipinski definition) is 1. The van der Waals surface area contributed by atoms with E-state index in [1.54, 1.807) is 17.8 Å². The summed E-state index contributed by atoms with van der Waals surface area (Å²) in [4.78, 5) is 11.0. The Kier molecular flexibility index (Phi) is 3.64. The van der Waals surface area contributed by atoms with Crippen LogP contribution in [0.2, 0.25) is 0 Å². The van der Waals surface area contributed by atoms with Gasteiger partial charge in [-0.1, -0.05) is 0 Å². The number of carbonyl (C=O) groups is 1. The Balaban J connectivity index is 2.41. The van der Waals surface area contributed by atoms with Crippen molar-refractivity contribution < 1.29 is 9.53 Å². The average molecular weight is 197 g/mol. The summed E-state index contributed by atoms with van der Waals surface area (Å²) in [6.45, 7) is 2.37. The average Bonchev–Trinajstić information content (AvgIpc) is 2.59. The fraction of sp³-hybridized carbons (Fsp3) is 0.556. The molecule has 14 heavy (non-hydrogen) atoms. The largest absolute Gasteiger partial charge is 0.468 e. The van der Waals surface area contributed by atoms with Gasteiger partial charge in [-0.05, 0) is 13.0 Å². The normalized spacial score (nSPS) is 12.5. The Hall–Kier alpha value is -1.36. The number of carbonyl (C=O) groups excluding carboxylic acids is 1. The second-order valence-electron chi connectivity index (χ2n) is 3.07. The highest BCUT2D eigenvalue weighted by Crippen LogP contribution is 1.96. The highest BCUT2D eigenvalue weighted by Gasteiger charge is 2.12. The molecule has 0 aliphatic heterocycles. The summed E-state index contributed by atoms with van der Waals surface area (Å²) in [6.07, 6.45) is 1.72. The second kappa shape index (κ2) is 4.76. The molecule has 0 saturated heterocycles. The zero-order chi connectivity index (χ0) is 10.6. The Morgan fingerprint density at radius 2 is 2.50 bits per heavy atom. The molecule has 0 aromatic carbocycles. The van der Waals surface area contributed by atoms with Crippen LogP contribution in [0.3, 0.4) is 0 Å². The van der Waals surface area contributed by atoms with Crippen LogP contribution in [0, 0.1) is 0 Å². The molecule has 0 bridgehead atoms. The molecule has 78 valence electrons. The summed E-state index contributed by atoms with van der Waals surface area (Å²) in [7, 11) is 3.24. The maximum absolute atomic E-state index is 11.0. The van der Waals surface area contributed by atoms with Crippen molar-refractivity contribution in [1.82, 2.24) is 15.1 Å². The smallest absolute Gasteiger partial charge is 0.322 e. The third-order valence-electron chi connectivity index (χ3n) is 2.07. The van der Waals surface area contributed by atoms with Crippen LogP contribution in [-0.4, -0.2) is 28.9 Å². The molecular weight excluding hydrogens is 182 g/mol. The van der Waals surface area contributed by atoms with Gasteiger partial charge in [-0.15, -0.1) is 0 Å². The Morgan fingerprint density at radius 1 is 1.79 bits per heavy atom. The number of hydrogen-bond acceptors (Lipinski definition) is 4. The number of aryl methyl sites for hydroxylation is 1. The third kappa shape index (κ3) is 2.56. The van der Waals surface area contributed by atoms with Crippen LogP contribution in [0.25, 0.3) is 0 Å². The van der Waals surface area contributed by atoms with Gasteiger partial charge in [-0.25, -0.2) is 0 Å². The molecule has 0 amide bonds. The highest BCUT2D eigenvalue weighted by molar-refractivity contribution is 5.75. The molecule has 5 nitrogen and oxygen atoms in total. The summed E-state index contributed by atoms with van der Waals surface area (Å²) in [5.41, 5.74) is 1.03. The van der Waals surface area contributed by atoms with Gasteiger partial charge in [0.1, 0.15) is 6.04 Å². The van der Waals surface area contributed by atoms with Crippen molar-refractivity contribution in [3.8, 4) is 0 Å². The molecule has 0 aliphatic carbocycles. The first-order chi connectivity index (χ1) is 6.65. The quantitative estimate of drug-likeness (QED) is 0.694. The number of esters is 1. The minimum atomic E-state index is -0.296. The summed E-state index contributed by atoms with van der Waals surface area (Å²) in [5, 5.41) is 7.06. The lowest BCUT2D eigenvalue weighted by molar-refractivity contribution is -0.142. The van der Waals surface area contributed by atoms with Crippen LogP contribution in [0.4, 0.5) is 0 Å². The summed E-state index contributed by atoms with van der Waals surface area (Å²) >= 11 is 0. The first kappa shape index (κ1) is 10.7. The van der Waals surface area contributed by atoms with Crippen LogP contribution >= 0.6 is 0 Å². The lowest BCUT2D eigenvalue weighted by Gasteiger charge is -2.11. The van der Waals surface area contributed by atoms with Crippen LogP contribution in [0.1, 0.15) is 12.6 Å². The maximum Gasteiger partial charge on any atom is 0.322 e. The molecule has 1 rings (SSSR count). The Morgan fingerprint density at radius 3 is 3.00 bits per heavy atom. The first-order valence-electron chi connectivity index (χ1n) is 4.43. The highest BCUT2D eigenvalue weighted by atomic mass is 16.5. The first-order valence-corrected chi connectivity index (χ1v) is 4.43. The van der Waals surface area contributed by atoms with Gasteiger partial charge >= 0.3 is 5.97 Å². The number of methoxy groups -OCH3 is 1. The minimum absolute atomic E-state index is 0.257. The van der Waals surface area contributed by atoms with Crippen LogP contribution in [-0.2, 0) is 23.1 Å². The van der Waals surface area contributed by atoms with Crippen molar-refractivity contribution in [3.63, 3.8) is 0 Å². The molecule has 1 aromatic heterocycles. The molecule has 0 radical (unpaired) electrons. The molecule has 0 unspecified atom stereocenters. The lowest BCUT2D eigenvalue weighted by Crippen LogP contribution is -2.34. The Labute approximate surface area is 83.1 Å². The molecule has 1 aromatic rings. The van der Waals surface area contributed by atoms with E-state index in [0.717, 1.165) is 5.69 Å². The van der Waals surface area contributed by atoms with E-state index in [9.17, 15) is 4.79 Å². The van der Waals surface area contributed by atoms with Crippen molar-refractivity contribution in [3.05, 3.63) is 18.0 Å². The van der Waals surface area contributed by atoms with Gasteiger partial charge < -0.3 is 4.74 Å². The fourth-order valence-corrected chi connectivity index (χ4v) is 1.09. The van der Waals surface area contributed by atoms with Crippen molar-refractivity contribution >= 4 is 5.97 Å². The van der Waals surface area contributed by atoms with Crippen LogP contribution < -0.4 is 5.32 Å². The Bertz CT molecular complexity index is 309. The van der Waals surface area contributed by atoms with Crippen LogP contribution in [0.5, 0.6) is 0 Å². The number of ether oxygens (including phenoxy) is 1. The van der Waals surface area contributed by atoms with Gasteiger partial charge in [0, 0.05) is 19.8 Å². The fourth-order valence-electron chi connectivity index (χ4n) is 1.09. The number of nitrogens with one attached hydrogen (secondary N) is 1. The van der Waals surface area contributed by atoms with Crippen molar-refractivity contribution in [2.75, 3.05) is 7.11 Å². The SMILES string of the molecule is COC(=O)[C@H](C)NCc1ccnn1C. The summed E-state index contributed by atoms with van der Waals surface area (Å²) in [6, 6.07) is 1.60. The second-order valence-corrected chi connectivity index (χ2v) is 3.07. The zero-order valence-corrected chi connectivity index (χ0v) is 8.65. The number of rotatable bonds is 4. The van der Waals surface area contributed by atoms with E-state index >= 15 is 0 Å². The van der Waals surface area contributed by atoms with E-state index in [1.165, 1.54) is 7.11 Å². The summed E-state index contributed by atoms with van der Waals surface area (Å²) < 4.78 is 6.35. The van der Waals surface area contributed by atoms with Crippen molar-refractivity contribution in [2.24, 2.45) is 7.05 Å². The third-order valence-corrected chi connectivity index (χ3v) is 2.07. The predicted octanol–water partition coefficient (Wildman–Crippen LogP) is 0.0712. The zero-order valence-electron chi connectivity index (χ0n) is 8.65. The molecule has 0 spiro atoms. The van der Waals surface area contributed by atoms with Crippen molar-refractivity contribution in [1.29, 1.82) is 0 Å². The van der Waals surface area contributed by atoms with E-state index in [4.69, 9.17) is 0 Å². The molecule has 5 heteroatoms. The number of aromatic nitrogens is 2. The number of nitrogens with zero attached hydrogens (tertiary/aromatic N) is 2. The molecule has 0 saturated carbocycles. The lowest BCUT2D eigenvalue weighted by atomic mass is 10.3.